The van der Waals surface area contributed by atoms with E-state index in [-0.39, 0.29) is 29.4 Å². The fourth-order valence-corrected chi connectivity index (χ4v) is 1.59. The van der Waals surface area contributed by atoms with Crippen LogP contribution in [0.5, 0.6) is 0 Å². The summed E-state index contributed by atoms with van der Waals surface area (Å²) in [6.45, 7) is 4.00. The van der Waals surface area contributed by atoms with Crippen molar-refractivity contribution in [3.63, 3.8) is 0 Å². The van der Waals surface area contributed by atoms with Crippen molar-refractivity contribution in [1.82, 2.24) is 0 Å². The smallest absolute Gasteiger partial charge is 0.149 e. The van der Waals surface area contributed by atoms with Gasteiger partial charge in [-0.2, -0.15) is 0 Å². The van der Waals surface area contributed by atoms with Crippen molar-refractivity contribution >= 4 is 21.6 Å². The van der Waals surface area contributed by atoms with Gasteiger partial charge in [0.15, 0.2) is 0 Å². The van der Waals surface area contributed by atoms with E-state index < -0.39 is 17.7 Å². The van der Waals surface area contributed by atoms with Gasteiger partial charge in [-0.25, -0.2) is 8.78 Å². The zero-order valence-corrected chi connectivity index (χ0v) is 11.8. The van der Waals surface area contributed by atoms with Crippen LogP contribution in [0.4, 0.5) is 14.5 Å². The molecule has 18 heavy (non-hydrogen) atoms. The van der Waals surface area contributed by atoms with Crippen LogP contribution in [0.25, 0.3) is 0 Å². The lowest BCUT2D eigenvalue weighted by Crippen LogP contribution is -2.26. The van der Waals surface area contributed by atoms with Crippen molar-refractivity contribution in [2.45, 2.75) is 26.1 Å². The van der Waals surface area contributed by atoms with Crippen molar-refractivity contribution in [3.05, 3.63) is 28.2 Å². The monoisotopic (exact) mass is 323 g/mol. The predicted molar refractivity (Wildman–Crippen MR) is 69.6 cm³/mol. The van der Waals surface area contributed by atoms with E-state index in [4.69, 9.17) is 4.74 Å². The molecule has 1 aromatic rings. The van der Waals surface area contributed by atoms with E-state index in [1.165, 1.54) is 6.07 Å². The number of aliphatic hydroxyl groups excluding tert-OH is 1. The maximum absolute atomic E-state index is 13.4. The van der Waals surface area contributed by atoms with Crippen LogP contribution in [0, 0.1) is 11.6 Å². The number of anilines is 1. The Kier molecular flexibility index (Phi) is 5.98. The average Bonchev–Trinajstić information content (AvgIpc) is 2.29. The van der Waals surface area contributed by atoms with Crippen molar-refractivity contribution < 1.29 is 18.6 Å². The molecule has 0 aromatic heterocycles. The lowest BCUT2D eigenvalue weighted by atomic mass is 10.2. The number of aliphatic hydroxyl groups is 1. The molecule has 0 saturated heterocycles. The standard InChI is InChI=1S/C12H16BrF2NO2/c1-7(2)18-6-8(17)5-16-12-3-9(13)10(14)4-11(12)15/h3-4,7-8,16-17H,5-6H2,1-2H3. The summed E-state index contributed by atoms with van der Waals surface area (Å²) in [7, 11) is 0. The average molecular weight is 324 g/mol. The molecule has 0 saturated carbocycles. The molecule has 0 heterocycles. The Bertz CT molecular complexity index is 402. The Morgan fingerprint density at radius 1 is 1.33 bits per heavy atom. The summed E-state index contributed by atoms with van der Waals surface area (Å²) >= 11 is 2.97. The molecule has 0 fully saturated rings. The molecule has 0 bridgehead atoms. The molecule has 1 rings (SSSR count). The molecule has 6 heteroatoms. The highest BCUT2D eigenvalue weighted by atomic mass is 79.9. The number of rotatable bonds is 6. The Labute approximate surface area is 113 Å². The lowest BCUT2D eigenvalue weighted by molar-refractivity contribution is 0.0112. The third kappa shape index (κ3) is 4.88. The van der Waals surface area contributed by atoms with Gasteiger partial charge in [0.05, 0.1) is 29.0 Å². The van der Waals surface area contributed by atoms with Crippen LogP contribution in [0.1, 0.15) is 13.8 Å². The van der Waals surface area contributed by atoms with E-state index >= 15 is 0 Å². The SMILES string of the molecule is CC(C)OCC(O)CNc1cc(Br)c(F)cc1F. The van der Waals surface area contributed by atoms with Gasteiger partial charge < -0.3 is 15.2 Å². The van der Waals surface area contributed by atoms with Gasteiger partial charge in [0, 0.05) is 12.6 Å². The van der Waals surface area contributed by atoms with E-state index in [0.29, 0.717) is 0 Å². The van der Waals surface area contributed by atoms with Crippen LogP contribution in [0.2, 0.25) is 0 Å². The first-order valence-electron chi connectivity index (χ1n) is 5.58. The molecular formula is C12H16BrF2NO2. The Morgan fingerprint density at radius 2 is 2.00 bits per heavy atom. The van der Waals surface area contributed by atoms with Gasteiger partial charge in [0.2, 0.25) is 0 Å². The van der Waals surface area contributed by atoms with Crippen molar-refractivity contribution in [2.75, 3.05) is 18.5 Å². The molecule has 1 atom stereocenters. The second kappa shape index (κ2) is 7.01. The first-order chi connectivity index (χ1) is 8.40. The van der Waals surface area contributed by atoms with Crippen LogP contribution >= 0.6 is 15.9 Å². The van der Waals surface area contributed by atoms with Crippen molar-refractivity contribution in [1.29, 1.82) is 0 Å². The maximum Gasteiger partial charge on any atom is 0.149 e. The highest BCUT2D eigenvalue weighted by molar-refractivity contribution is 9.10. The summed E-state index contributed by atoms with van der Waals surface area (Å²) in [6.07, 6.45) is -0.730. The Balaban J connectivity index is 2.50. The first-order valence-corrected chi connectivity index (χ1v) is 6.37. The third-order valence-corrected chi connectivity index (χ3v) is 2.77. The quantitative estimate of drug-likeness (QED) is 0.791. The minimum Gasteiger partial charge on any atom is -0.389 e. The fraction of sp³-hybridized carbons (Fsp3) is 0.500. The van der Waals surface area contributed by atoms with Gasteiger partial charge in [-0.05, 0) is 35.8 Å². The van der Waals surface area contributed by atoms with E-state index in [2.05, 4.69) is 21.2 Å². The van der Waals surface area contributed by atoms with E-state index in [9.17, 15) is 13.9 Å². The summed E-state index contributed by atoms with van der Waals surface area (Å²) in [6, 6.07) is 2.07. The molecule has 0 spiro atoms. The summed E-state index contributed by atoms with van der Waals surface area (Å²) in [4.78, 5) is 0. The van der Waals surface area contributed by atoms with Gasteiger partial charge in [-0.1, -0.05) is 0 Å². The van der Waals surface area contributed by atoms with Gasteiger partial charge in [-0.3, -0.25) is 0 Å². The zero-order chi connectivity index (χ0) is 13.7. The van der Waals surface area contributed by atoms with Crippen LogP contribution in [-0.2, 0) is 4.74 Å². The zero-order valence-electron chi connectivity index (χ0n) is 10.2. The second-order valence-corrected chi connectivity index (χ2v) is 5.02. The molecule has 0 radical (unpaired) electrons. The number of hydrogen-bond acceptors (Lipinski definition) is 3. The highest BCUT2D eigenvalue weighted by Crippen LogP contribution is 2.23. The topological polar surface area (TPSA) is 41.5 Å². The Hall–Kier alpha value is -0.720. The van der Waals surface area contributed by atoms with Crippen molar-refractivity contribution in [3.8, 4) is 0 Å². The molecule has 0 amide bonds. The molecule has 0 aliphatic heterocycles. The van der Waals surface area contributed by atoms with Crippen LogP contribution < -0.4 is 5.32 Å². The molecule has 1 unspecified atom stereocenters. The summed E-state index contributed by atoms with van der Waals surface area (Å²) < 4.78 is 31.7. The lowest BCUT2D eigenvalue weighted by Gasteiger charge is -2.15. The molecular weight excluding hydrogens is 308 g/mol. The fourth-order valence-electron chi connectivity index (χ4n) is 1.25. The van der Waals surface area contributed by atoms with Gasteiger partial charge >= 0.3 is 0 Å². The predicted octanol–water partition coefficient (Wildman–Crippen LogP) is 2.93. The number of hydrogen-bond donors (Lipinski definition) is 2. The molecule has 3 nitrogen and oxygen atoms in total. The number of halogens is 3. The van der Waals surface area contributed by atoms with E-state index in [1.54, 1.807) is 0 Å². The summed E-state index contributed by atoms with van der Waals surface area (Å²) in [5.41, 5.74) is 0.131. The van der Waals surface area contributed by atoms with E-state index in [0.717, 1.165) is 6.07 Å². The van der Waals surface area contributed by atoms with Gasteiger partial charge in [0.25, 0.3) is 0 Å². The van der Waals surface area contributed by atoms with Crippen LogP contribution in [0.3, 0.4) is 0 Å². The number of benzene rings is 1. The summed E-state index contributed by atoms with van der Waals surface area (Å²) in [5, 5.41) is 12.3. The van der Waals surface area contributed by atoms with E-state index in [1.807, 2.05) is 13.8 Å². The normalized spacial score (nSPS) is 12.8. The molecule has 1 aromatic carbocycles. The number of nitrogens with one attached hydrogen (secondary N) is 1. The van der Waals surface area contributed by atoms with Gasteiger partial charge in [-0.15, -0.1) is 0 Å². The minimum absolute atomic E-state index is 0.0244. The van der Waals surface area contributed by atoms with Crippen LogP contribution in [-0.4, -0.2) is 30.5 Å². The molecule has 102 valence electrons. The highest BCUT2D eigenvalue weighted by Gasteiger charge is 2.10. The number of ether oxygens (including phenoxy) is 1. The van der Waals surface area contributed by atoms with Crippen molar-refractivity contribution in [2.24, 2.45) is 0 Å². The Morgan fingerprint density at radius 3 is 2.61 bits per heavy atom. The van der Waals surface area contributed by atoms with Crippen LogP contribution in [0.15, 0.2) is 16.6 Å². The van der Waals surface area contributed by atoms with Gasteiger partial charge in [0.1, 0.15) is 11.6 Å². The second-order valence-electron chi connectivity index (χ2n) is 4.16. The first kappa shape index (κ1) is 15.3. The minimum atomic E-state index is -0.754. The molecule has 2 N–H and O–H groups in total. The third-order valence-electron chi connectivity index (χ3n) is 2.16. The molecule has 0 aliphatic carbocycles. The largest absolute Gasteiger partial charge is 0.389 e. The molecule has 0 aliphatic rings. The maximum atomic E-state index is 13.4. The summed E-state index contributed by atoms with van der Waals surface area (Å²) in [5.74, 6) is -1.37.